The van der Waals surface area contributed by atoms with Crippen molar-refractivity contribution >= 4 is 12.1 Å². The number of halogens is 1. The second-order valence-electron chi connectivity index (χ2n) is 7.03. The Balaban J connectivity index is 2.34. The average molecular weight is 340 g/mol. The molecule has 0 fully saturated rings. The van der Waals surface area contributed by atoms with Crippen molar-refractivity contribution in [3.8, 4) is 16.9 Å². The van der Waals surface area contributed by atoms with Gasteiger partial charge in [0.1, 0.15) is 17.2 Å². The lowest BCUT2D eigenvalue weighted by molar-refractivity contribution is 0.0621. The normalized spacial score (nSPS) is 15.4. The molecule has 0 aliphatic carbocycles. The number of ketones is 1. The predicted octanol–water partition coefficient (Wildman–Crippen LogP) is 5.00. The number of hydrogen-bond acceptors (Lipinski definition) is 3. The fourth-order valence-electron chi connectivity index (χ4n) is 3.42. The van der Waals surface area contributed by atoms with E-state index >= 15 is 0 Å². The average Bonchev–Trinajstić information content (AvgIpc) is 2.53. The van der Waals surface area contributed by atoms with Gasteiger partial charge in [0.2, 0.25) is 0 Å². The van der Waals surface area contributed by atoms with Crippen molar-refractivity contribution in [2.45, 2.75) is 45.6 Å². The quantitative estimate of drug-likeness (QED) is 0.736. The molecule has 2 aromatic rings. The summed E-state index contributed by atoms with van der Waals surface area (Å²) in [5.41, 5.74) is 2.37. The van der Waals surface area contributed by atoms with Gasteiger partial charge in [-0.2, -0.15) is 0 Å². The maximum atomic E-state index is 13.3. The highest BCUT2D eigenvalue weighted by atomic mass is 19.1. The third kappa shape index (κ3) is 3.21. The highest BCUT2D eigenvalue weighted by molar-refractivity contribution is 6.10. The number of carbonyl (C=O) groups is 2. The Labute approximate surface area is 146 Å². The van der Waals surface area contributed by atoms with Crippen LogP contribution in [0, 0.1) is 5.82 Å². The van der Waals surface area contributed by atoms with Gasteiger partial charge in [-0.15, -0.1) is 0 Å². The molecule has 130 valence electrons. The topological polar surface area (TPSA) is 43.4 Å². The molecular weight excluding hydrogens is 319 g/mol. The van der Waals surface area contributed by atoms with Crippen molar-refractivity contribution in [1.82, 2.24) is 0 Å². The van der Waals surface area contributed by atoms with Crippen LogP contribution in [-0.4, -0.2) is 17.7 Å². The molecule has 1 heterocycles. The van der Waals surface area contributed by atoms with Gasteiger partial charge in [-0.3, -0.25) is 9.59 Å². The Morgan fingerprint density at radius 1 is 1.20 bits per heavy atom. The van der Waals surface area contributed by atoms with E-state index in [2.05, 4.69) is 0 Å². The predicted molar refractivity (Wildman–Crippen MR) is 94.9 cm³/mol. The highest BCUT2D eigenvalue weighted by Crippen LogP contribution is 2.42. The Morgan fingerprint density at radius 3 is 2.48 bits per heavy atom. The highest BCUT2D eigenvalue weighted by Gasteiger charge is 2.36. The fourth-order valence-corrected chi connectivity index (χ4v) is 3.42. The molecule has 0 saturated carbocycles. The van der Waals surface area contributed by atoms with Crippen LogP contribution in [0.1, 0.15) is 59.9 Å². The molecule has 3 rings (SSSR count). The summed E-state index contributed by atoms with van der Waals surface area (Å²) in [5, 5.41) is 0. The summed E-state index contributed by atoms with van der Waals surface area (Å²) in [7, 11) is 0. The van der Waals surface area contributed by atoms with Crippen molar-refractivity contribution in [3.63, 3.8) is 0 Å². The standard InChI is InChI=1S/C21H21FO3/c1-4-5-14-10-18-20(17(24)11-21(2,3)25-18)19(16(14)12-23)13-6-8-15(22)9-7-13/h6-10,12H,4-5,11H2,1-3H3. The minimum atomic E-state index is -0.587. The van der Waals surface area contributed by atoms with Crippen LogP contribution >= 0.6 is 0 Å². The molecule has 3 nitrogen and oxygen atoms in total. The van der Waals surface area contributed by atoms with Crippen molar-refractivity contribution in [3.05, 3.63) is 52.8 Å². The molecule has 0 bridgehead atoms. The third-order valence-electron chi connectivity index (χ3n) is 4.44. The van der Waals surface area contributed by atoms with E-state index in [9.17, 15) is 14.0 Å². The lowest BCUT2D eigenvalue weighted by Crippen LogP contribution is -2.36. The Morgan fingerprint density at radius 2 is 1.88 bits per heavy atom. The first-order valence-corrected chi connectivity index (χ1v) is 8.49. The molecular formula is C21H21FO3. The Kier molecular flexibility index (Phi) is 4.46. The summed E-state index contributed by atoms with van der Waals surface area (Å²) in [6.45, 7) is 5.78. The van der Waals surface area contributed by atoms with E-state index in [4.69, 9.17) is 4.74 Å². The monoisotopic (exact) mass is 340 g/mol. The first kappa shape index (κ1) is 17.3. The SMILES string of the molecule is CCCc1cc2c(c(-c3ccc(F)cc3)c1C=O)C(=O)CC(C)(C)O2. The zero-order valence-electron chi connectivity index (χ0n) is 14.7. The number of aryl methyl sites for hydroxylation is 1. The molecule has 2 aromatic carbocycles. The molecule has 0 unspecified atom stereocenters. The van der Waals surface area contributed by atoms with Crippen molar-refractivity contribution in [2.75, 3.05) is 0 Å². The summed E-state index contributed by atoms with van der Waals surface area (Å²) in [5.74, 6) is 0.0880. The Hall–Kier alpha value is -2.49. The van der Waals surface area contributed by atoms with Gasteiger partial charge >= 0.3 is 0 Å². The van der Waals surface area contributed by atoms with Crippen molar-refractivity contribution in [2.24, 2.45) is 0 Å². The van der Waals surface area contributed by atoms with E-state index in [1.807, 2.05) is 26.8 Å². The third-order valence-corrected chi connectivity index (χ3v) is 4.44. The first-order valence-electron chi connectivity index (χ1n) is 8.49. The second-order valence-corrected chi connectivity index (χ2v) is 7.03. The van der Waals surface area contributed by atoms with E-state index < -0.39 is 5.60 Å². The Bertz CT molecular complexity index is 835. The lowest BCUT2D eigenvalue weighted by Gasteiger charge is -2.33. The molecule has 4 heteroatoms. The van der Waals surface area contributed by atoms with Gasteiger partial charge < -0.3 is 4.74 Å². The summed E-state index contributed by atoms with van der Waals surface area (Å²) in [6, 6.07) is 7.68. The molecule has 0 amide bonds. The first-order chi connectivity index (χ1) is 11.9. The molecule has 0 N–H and O–H groups in total. The van der Waals surface area contributed by atoms with Crippen molar-refractivity contribution in [1.29, 1.82) is 0 Å². The second kappa shape index (κ2) is 6.43. The van der Waals surface area contributed by atoms with E-state index in [-0.39, 0.29) is 18.0 Å². The molecule has 0 aromatic heterocycles. The molecule has 0 radical (unpaired) electrons. The van der Waals surface area contributed by atoms with Crippen molar-refractivity contribution < 1.29 is 18.7 Å². The largest absolute Gasteiger partial charge is 0.487 e. The maximum absolute atomic E-state index is 13.3. The molecule has 0 saturated heterocycles. The summed E-state index contributed by atoms with van der Waals surface area (Å²) < 4.78 is 19.4. The maximum Gasteiger partial charge on any atom is 0.171 e. The van der Waals surface area contributed by atoms with Crippen LogP contribution < -0.4 is 4.74 Å². The van der Waals surface area contributed by atoms with Gasteiger partial charge in [-0.05, 0) is 49.6 Å². The van der Waals surface area contributed by atoms with Gasteiger partial charge in [-0.1, -0.05) is 25.5 Å². The molecule has 0 spiro atoms. The number of benzene rings is 2. The number of hydrogen-bond donors (Lipinski definition) is 0. The van der Waals surface area contributed by atoms with Crippen LogP contribution in [-0.2, 0) is 6.42 Å². The van der Waals surface area contributed by atoms with E-state index in [1.54, 1.807) is 12.1 Å². The summed E-state index contributed by atoms with van der Waals surface area (Å²) in [4.78, 5) is 24.7. The van der Waals surface area contributed by atoms with Crippen LogP contribution in [0.3, 0.4) is 0 Å². The number of ether oxygens (including phenoxy) is 1. The lowest BCUT2D eigenvalue weighted by atomic mass is 9.83. The fraction of sp³-hybridized carbons (Fsp3) is 0.333. The van der Waals surface area contributed by atoms with Crippen LogP contribution in [0.15, 0.2) is 30.3 Å². The minimum Gasteiger partial charge on any atom is -0.487 e. The van der Waals surface area contributed by atoms with Gasteiger partial charge in [0.15, 0.2) is 12.1 Å². The van der Waals surface area contributed by atoms with E-state index in [0.717, 1.165) is 18.3 Å². The molecule has 25 heavy (non-hydrogen) atoms. The number of aldehydes is 1. The van der Waals surface area contributed by atoms with Gasteiger partial charge in [0.25, 0.3) is 0 Å². The summed E-state index contributed by atoms with van der Waals surface area (Å²) >= 11 is 0. The minimum absolute atomic E-state index is 0.0586. The van der Waals surface area contributed by atoms with Gasteiger partial charge in [-0.25, -0.2) is 4.39 Å². The number of fused-ring (bicyclic) bond motifs is 1. The summed E-state index contributed by atoms with van der Waals surface area (Å²) in [6.07, 6.45) is 2.59. The van der Waals surface area contributed by atoms with Gasteiger partial charge in [0.05, 0.1) is 12.0 Å². The van der Waals surface area contributed by atoms with E-state index in [0.29, 0.717) is 34.4 Å². The smallest absolute Gasteiger partial charge is 0.171 e. The molecule has 0 atom stereocenters. The van der Waals surface area contributed by atoms with E-state index in [1.165, 1.54) is 12.1 Å². The molecule has 1 aliphatic heterocycles. The van der Waals surface area contributed by atoms with Crippen LogP contribution in [0.5, 0.6) is 5.75 Å². The number of Topliss-reactive ketones (excluding diaryl/α,β-unsaturated/α-hetero) is 1. The zero-order chi connectivity index (χ0) is 18.2. The zero-order valence-corrected chi connectivity index (χ0v) is 14.7. The van der Waals surface area contributed by atoms with Crippen LogP contribution in [0.2, 0.25) is 0 Å². The molecule has 1 aliphatic rings. The van der Waals surface area contributed by atoms with Crippen LogP contribution in [0.25, 0.3) is 11.1 Å². The van der Waals surface area contributed by atoms with Gasteiger partial charge in [0, 0.05) is 11.1 Å². The van der Waals surface area contributed by atoms with Crippen LogP contribution in [0.4, 0.5) is 4.39 Å². The number of carbonyl (C=O) groups excluding carboxylic acids is 2. The number of rotatable bonds is 4.